The summed E-state index contributed by atoms with van der Waals surface area (Å²) in [6.45, 7) is 0.368. The topological polar surface area (TPSA) is 93.5 Å². The Bertz CT molecular complexity index is 688. The maximum atomic E-state index is 12.0. The van der Waals surface area contributed by atoms with Gasteiger partial charge in [-0.25, -0.2) is 4.79 Å². The summed E-state index contributed by atoms with van der Waals surface area (Å²) in [5.41, 5.74) is 1.71. The number of hydrogen-bond donors (Lipinski definition) is 2. The molecule has 7 nitrogen and oxygen atoms in total. The predicted molar refractivity (Wildman–Crippen MR) is 82.9 cm³/mol. The van der Waals surface area contributed by atoms with Crippen molar-refractivity contribution in [2.24, 2.45) is 0 Å². The number of carbonyl (C=O) groups is 1. The van der Waals surface area contributed by atoms with Crippen LogP contribution in [-0.2, 0) is 11.3 Å². The highest BCUT2D eigenvalue weighted by atomic mass is 16.6. The number of methoxy groups -OCH3 is 1. The molecule has 2 aromatic rings. The van der Waals surface area contributed by atoms with Crippen LogP contribution in [-0.4, -0.2) is 18.1 Å². The van der Waals surface area contributed by atoms with E-state index in [1.165, 1.54) is 18.2 Å². The highest BCUT2D eigenvalue weighted by Gasteiger charge is 2.09. The summed E-state index contributed by atoms with van der Waals surface area (Å²) in [5.74, 6) is 0. The largest absolute Gasteiger partial charge is 0.380 e. The van der Waals surface area contributed by atoms with Gasteiger partial charge in [-0.15, -0.1) is 0 Å². The number of carbonyl (C=O) groups excluding carboxylic acids is 1. The second-order valence-electron chi connectivity index (χ2n) is 4.48. The summed E-state index contributed by atoms with van der Waals surface area (Å²) in [5, 5.41) is 16.0. The van der Waals surface area contributed by atoms with Crippen molar-refractivity contribution in [3.8, 4) is 0 Å². The highest BCUT2D eigenvalue weighted by Crippen LogP contribution is 2.19. The van der Waals surface area contributed by atoms with Crippen molar-refractivity contribution in [1.82, 2.24) is 0 Å². The van der Waals surface area contributed by atoms with Crippen LogP contribution in [0.4, 0.5) is 21.9 Å². The molecule has 0 aliphatic heterocycles. The number of anilines is 2. The van der Waals surface area contributed by atoms with Crippen LogP contribution in [0.5, 0.6) is 0 Å². The number of nitrogens with zero attached hydrogens (tertiary/aromatic N) is 1. The zero-order valence-corrected chi connectivity index (χ0v) is 11.9. The molecule has 0 radical (unpaired) electrons. The molecular formula is C15H15N3O4. The predicted octanol–water partition coefficient (Wildman–Crippen LogP) is 3.39. The van der Waals surface area contributed by atoms with Gasteiger partial charge in [-0.3, -0.25) is 10.1 Å². The van der Waals surface area contributed by atoms with E-state index in [1.807, 2.05) is 12.1 Å². The Labute approximate surface area is 127 Å². The number of ether oxygens (including phenoxy) is 1. The van der Waals surface area contributed by atoms with Crippen molar-refractivity contribution in [2.45, 2.75) is 6.61 Å². The number of amides is 2. The van der Waals surface area contributed by atoms with Gasteiger partial charge < -0.3 is 15.4 Å². The van der Waals surface area contributed by atoms with Crippen LogP contribution in [0.25, 0.3) is 0 Å². The van der Waals surface area contributed by atoms with Gasteiger partial charge in [0.05, 0.1) is 11.5 Å². The molecule has 22 heavy (non-hydrogen) atoms. The van der Waals surface area contributed by atoms with Gasteiger partial charge in [0.25, 0.3) is 5.69 Å². The fourth-order valence-corrected chi connectivity index (χ4v) is 1.91. The molecule has 0 saturated heterocycles. The maximum Gasteiger partial charge on any atom is 0.323 e. The van der Waals surface area contributed by atoms with E-state index in [4.69, 9.17) is 4.74 Å². The number of nitro benzene ring substituents is 1. The molecule has 2 amide bonds. The molecule has 0 aliphatic rings. The monoisotopic (exact) mass is 301 g/mol. The zero-order valence-electron chi connectivity index (χ0n) is 11.9. The van der Waals surface area contributed by atoms with Crippen LogP contribution in [0.15, 0.2) is 48.5 Å². The third-order valence-corrected chi connectivity index (χ3v) is 2.88. The molecule has 2 aromatic carbocycles. The molecule has 0 aromatic heterocycles. The van der Waals surface area contributed by atoms with Crippen molar-refractivity contribution in [1.29, 1.82) is 0 Å². The van der Waals surface area contributed by atoms with Crippen molar-refractivity contribution in [2.75, 3.05) is 17.7 Å². The molecule has 0 spiro atoms. The van der Waals surface area contributed by atoms with E-state index in [-0.39, 0.29) is 5.69 Å². The van der Waals surface area contributed by atoms with Crippen molar-refractivity contribution < 1.29 is 14.5 Å². The Kier molecular flexibility index (Phi) is 5.05. The molecular weight excluding hydrogens is 286 g/mol. The normalized spacial score (nSPS) is 10.0. The van der Waals surface area contributed by atoms with Gasteiger partial charge in [-0.2, -0.15) is 0 Å². The smallest absolute Gasteiger partial charge is 0.323 e. The summed E-state index contributed by atoms with van der Waals surface area (Å²) in [4.78, 5) is 22.2. The molecule has 0 fully saturated rings. The van der Waals surface area contributed by atoms with E-state index in [2.05, 4.69) is 10.6 Å². The lowest BCUT2D eigenvalue weighted by molar-refractivity contribution is -0.384. The number of para-hydroxylation sites is 1. The number of benzene rings is 2. The molecule has 2 rings (SSSR count). The number of non-ortho nitro benzene ring substituents is 1. The maximum absolute atomic E-state index is 12.0. The van der Waals surface area contributed by atoms with E-state index in [0.29, 0.717) is 18.0 Å². The van der Waals surface area contributed by atoms with Crippen molar-refractivity contribution >= 4 is 23.1 Å². The first-order chi connectivity index (χ1) is 10.6. The van der Waals surface area contributed by atoms with E-state index < -0.39 is 11.0 Å². The standard InChI is InChI=1S/C15H15N3O4/c1-22-10-11-5-2-3-8-14(11)17-15(19)16-12-6-4-7-13(9-12)18(20)21/h2-9H,10H2,1H3,(H2,16,17,19). The summed E-state index contributed by atoms with van der Waals surface area (Å²) in [6, 6.07) is 12.5. The summed E-state index contributed by atoms with van der Waals surface area (Å²) in [6.07, 6.45) is 0. The van der Waals surface area contributed by atoms with Crippen LogP contribution in [0.1, 0.15) is 5.56 Å². The van der Waals surface area contributed by atoms with Gasteiger partial charge in [0.1, 0.15) is 0 Å². The van der Waals surface area contributed by atoms with E-state index in [1.54, 1.807) is 25.3 Å². The Hall–Kier alpha value is -2.93. The number of nitro groups is 1. The Morgan fingerprint density at radius 3 is 2.68 bits per heavy atom. The number of urea groups is 1. The van der Waals surface area contributed by atoms with Gasteiger partial charge in [-0.1, -0.05) is 24.3 Å². The number of hydrogen-bond acceptors (Lipinski definition) is 4. The average molecular weight is 301 g/mol. The van der Waals surface area contributed by atoms with Gasteiger partial charge in [0.2, 0.25) is 0 Å². The third kappa shape index (κ3) is 4.03. The Morgan fingerprint density at radius 1 is 1.18 bits per heavy atom. The van der Waals surface area contributed by atoms with E-state index in [9.17, 15) is 14.9 Å². The second kappa shape index (κ2) is 7.19. The lowest BCUT2D eigenvalue weighted by Crippen LogP contribution is -2.20. The minimum atomic E-state index is -0.517. The highest BCUT2D eigenvalue weighted by molar-refractivity contribution is 6.00. The first-order valence-corrected chi connectivity index (χ1v) is 6.49. The molecule has 0 bridgehead atoms. The molecule has 2 N–H and O–H groups in total. The Morgan fingerprint density at radius 2 is 1.95 bits per heavy atom. The summed E-state index contributed by atoms with van der Waals surface area (Å²) in [7, 11) is 1.57. The quantitative estimate of drug-likeness (QED) is 0.654. The van der Waals surface area contributed by atoms with Crippen molar-refractivity contribution in [3.05, 3.63) is 64.2 Å². The molecule has 0 atom stereocenters. The number of rotatable bonds is 5. The van der Waals surface area contributed by atoms with Gasteiger partial charge in [0.15, 0.2) is 0 Å². The van der Waals surface area contributed by atoms with Gasteiger partial charge in [-0.05, 0) is 12.1 Å². The molecule has 0 unspecified atom stereocenters. The Balaban J connectivity index is 2.07. The SMILES string of the molecule is COCc1ccccc1NC(=O)Nc1cccc([N+](=O)[O-])c1. The molecule has 114 valence electrons. The van der Waals surface area contributed by atoms with Gasteiger partial charge in [0, 0.05) is 36.2 Å². The fraction of sp³-hybridized carbons (Fsp3) is 0.133. The molecule has 0 saturated carbocycles. The van der Waals surface area contributed by atoms with Crippen LogP contribution in [0, 0.1) is 10.1 Å². The van der Waals surface area contributed by atoms with E-state index in [0.717, 1.165) is 5.56 Å². The molecule has 0 heterocycles. The minimum absolute atomic E-state index is 0.0856. The first-order valence-electron chi connectivity index (χ1n) is 6.49. The third-order valence-electron chi connectivity index (χ3n) is 2.88. The van der Waals surface area contributed by atoms with E-state index >= 15 is 0 Å². The minimum Gasteiger partial charge on any atom is -0.380 e. The van der Waals surface area contributed by atoms with Crippen LogP contribution in [0.2, 0.25) is 0 Å². The van der Waals surface area contributed by atoms with Crippen LogP contribution >= 0.6 is 0 Å². The lowest BCUT2D eigenvalue weighted by Gasteiger charge is -2.11. The van der Waals surface area contributed by atoms with Crippen molar-refractivity contribution in [3.63, 3.8) is 0 Å². The first kappa shape index (κ1) is 15.5. The average Bonchev–Trinajstić information content (AvgIpc) is 2.49. The number of nitrogens with one attached hydrogen (secondary N) is 2. The van der Waals surface area contributed by atoms with Crippen LogP contribution < -0.4 is 10.6 Å². The van der Waals surface area contributed by atoms with Crippen LogP contribution in [0.3, 0.4) is 0 Å². The fourth-order valence-electron chi connectivity index (χ4n) is 1.91. The summed E-state index contributed by atoms with van der Waals surface area (Å²) < 4.78 is 5.06. The zero-order chi connectivity index (χ0) is 15.9. The summed E-state index contributed by atoms with van der Waals surface area (Å²) >= 11 is 0. The lowest BCUT2D eigenvalue weighted by atomic mass is 10.2. The molecule has 7 heteroatoms. The molecule has 0 aliphatic carbocycles. The van der Waals surface area contributed by atoms with Gasteiger partial charge >= 0.3 is 6.03 Å². The second-order valence-corrected chi connectivity index (χ2v) is 4.48.